The summed E-state index contributed by atoms with van der Waals surface area (Å²) in [5.74, 6) is 0. The van der Waals surface area contributed by atoms with Crippen molar-refractivity contribution in [2.24, 2.45) is 0 Å². The zero-order valence-electron chi connectivity index (χ0n) is 16.0. The van der Waals surface area contributed by atoms with Gasteiger partial charge in [0.25, 0.3) is 0 Å². The van der Waals surface area contributed by atoms with E-state index in [1.54, 1.807) is 0 Å². The van der Waals surface area contributed by atoms with E-state index < -0.39 is 22.2 Å². The first-order chi connectivity index (χ1) is 12.9. The Morgan fingerprint density at radius 1 is 0.704 bits per heavy atom. The minimum atomic E-state index is -3.70. The quantitative estimate of drug-likeness (QED) is 0.438. The Balaban J connectivity index is 2.15. The number of unbranched alkanes of at least 4 members (excludes halogenated alkanes) is 2. The normalized spacial score (nSPS) is 14.1. The topological polar surface area (TPSA) is 34.1 Å². The van der Waals surface area contributed by atoms with E-state index in [2.05, 4.69) is 0 Å². The first-order valence-corrected chi connectivity index (χ1v) is 11.1. The van der Waals surface area contributed by atoms with Gasteiger partial charge in [-0.3, -0.25) is 0 Å². The van der Waals surface area contributed by atoms with E-state index in [-0.39, 0.29) is 9.79 Å². The smallest absolute Gasteiger partial charge is 0.206 e. The van der Waals surface area contributed by atoms with Gasteiger partial charge < -0.3 is 0 Å². The van der Waals surface area contributed by atoms with Gasteiger partial charge >= 0.3 is 0 Å². The summed E-state index contributed by atoms with van der Waals surface area (Å²) >= 11 is 0. The van der Waals surface area contributed by atoms with Crippen LogP contribution in [0.15, 0.2) is 58.3 Å². The van der Waals surface area contributed by atoms with E-state index in [4.69, 9.17) is 0 Å². The Hall–Kier alpha value is -1.75. The Labute approximate surface area is 161 Å². The van der Waals surface area contributed by atoms with Crippen LogP contribution in [0.3, 0.4) is 0 Å². The number of sulfone groups is 1. The van der Waals surface area contributed by atoms with Crippen molar-refractivity contribution in [1.82, 2.24) is 0 Å². The standard InChI is InChI=1S/C22H28F2O2S/c1-3-5-7-21(23)17-9-13-19(14-10-17)27(25,26)20-15-11-18(12-16-20)22(24)8-6-4-2/h9-16,21-22H,3-8H2,1-2H3. The molecule has 2 rings (SSSR count). The van der Waals surface area contributed by atoms with Gasteiger partial charge in [-0.25, -0.2) is 17.2 Å². The van der Waals surface area contributed by atoms with E-state index in [0.717, 1.165) is 25.7 Å². The number of benzene rings is 2. The van der Waals surface area contributed by atoms with Crippen LogP contribution < -0.4 is 0 Å². The van der Waals surface area contributed by atoms with Crippen molar-refractivity contribution in [3.8, 4) is 0 Å². The minimum Gasteiger partial charge on any atom is -0.242 e. The van der Waals surface area contributed by atoms with E-state index >= 15 is 0 Å². The highest BCUT2D eigenvalue weighted by molar-refractivity contribution is 7.91. The molecule has 0 N–H and O–H groups in total. The van der Waals surface area contributed by atoms with Crippen molar-refractivity contribution in [2.45, 2.75) is 74.5 Å². The molecule has 0 aromatic heterocycles. The SMILES string of the molecule is CCCCC(F)c1ccc(S(=O)(=O)c2ccc(C(F)CCCC)cc2)cc1. The van der Waals surface area contributed by atoms with Crippen LogP contribution in [0.4, 0.5) is 8.78 Å². The predicted molar refractivity (Wildman–Crippen MR) is 105 cm³/mol. The maximum atomic E-state index is 14.1. The highest BCUT2D eigenvalue weighted by Gasteiger charge is 2.19. The molecular formula is C22H28F2O2S. The lowest BCUT2D eigenvalue weighted by molar-refractivity contribution is 0.315. The fourth-order valence-electron chi connectivity index (χ4n) is 2.95. The summed E-state index contributed by atoms with van der Waals surface area (Å²) in [4.78, 5) is 0.231. The van der Waals surface area contributed by atoms with Gasteiger partial charge in [-0.2, -0.15) is 0 Å². The van der Waals surface area contributed by atoms with Gasteiger partial charge in [-0.05, 0) is 48.2 Å². The van der Waals surface area contributed by atoms with E-state index in [1.807, 2.05) is 13.8 Å². The molecule has 2 aromatic carbocycles. The summed E-state index contributed by atoms with van der Waals surface area (Å²) in [5.41, 5.74) is 0.989. The summed E-state index contributed by atoms with van der Waals surface area (Å²) in [6.07, 6.45) is 2.14. The number of halogens is 2. The second kappa shape index (κ2) is 9.98. The molecule has 0 saturated heterocycles. The highest BCUT2D eigenvalue weighted by atomic mass is 32.2. The second-order valence-electron chi connectivity index (χ2n) is 6.86. The van der Waals surface area contributed by atoms with Crippen LogP contribution in [0, 0.1) is 0 Å². The van der Waals surface area contributed by atoms with Gasteiger partial charge in [-0.15, -0.1) is 0 Å². The summed E-state index contributed by atoms with van der Waals surface area (Å²) < 4.78 is 53.7. The molecule has 0 aliphatic rings. The number of rotatable bonds is 10. The molecule has 2 unspecified atom stereocenters. The zero-order valence-corrected chi connectivity index (χ0v) is 16.8. The van der Waals surface area contributed by atoms with Gasteiger partial charge in [-0.1, -0.05) is 63.8 Å². The summed E-state index contributed by atoms with van der Waals surface area (Å²) in [6, 6.07) is 11.9. The third-order valence-corrected chi connectivity index (χ3v) is 6.51. The predicted octanol–water partition coefficient (Wildman–Crippen LogP) is 6.92. The van der Waals surface area contributed by atoms with Gasteiger partial charge in [0, 0.05) is 0 Å². The lowest BCUT2D eigenvalue weighted by Gasteiger charge is -2.11. The molecule has 5 heteroatoms. The molecule has 2 atom stereocenters. The van der Waals surface area contributed by atoms with Crippen LogP contribution >= 0.6 is 0 Å². The third-order valence-electron chi connectivity index (χ3n) is 4.73. The van der Waals surface area contributed by atoms with Crippen molar-refractivity contribution >= 4 is 9.84 Å². The molecule has 0 aliphatic carbocycles. The second-order valence-corrected chi connectivity index (χ2v) is 8.81. The largest absolute Gasteiger partial charge is 0.242 e. The molecule has 0 amide bonds. The Morgan fingerprint density at radius 3 is 1.33 bits per heavy atom. The third kappa shape index (κ3) is 5.61. The van der Waals surface area contributed by atoms with Crippen LogP contribution in [-0.4, -0.2) is 8.42 Å². The fraction of sp³-hybridized carbons (Fsp3) is 0.455. The number of alkyl halides is 2. The molecule has 148 valence electrons. The molecule has 0 fully saturated rings. The first-order valence-electron chi connectivity index (χ1n) is 9.63. The van der Waals surface area contributed by atoms with E-state index in [0.29, 0.717) is 24.0 Å². The molecule has 27 heavy (non-hydrogen) atoms. The number of hydrogen-bond acceptors (Lipinski definition) is 2. The Bertz CT molecular complexity index is 736. The average Bonchev–Trinajstić information content (AvgIpc) is 2.70. The van der Waals surface area contributed by atoms with Crippen LogP contribution in [-0.2, 0) is 9.84 Å². The summed E-state index contributed by atoms with van der Waals surface area (Å²) in [5, 5.41) is 0. The summed E-state index contributed by atoms with van der Waals surface area (Å²) in [7, 11) is -3.70. The lowest BCUT2D eigenvalue weighted by Crippen LogP contribution is -2.03. The summed E-state index contributed by atoms with van der Waals surface area (Å²) in [6.45, 7) is 4.01. The lowest BCUT2D eigenvalue weighted by atomic mass is 10.1. The molecular weight excluding hydrogens is 366 g/mol. The molecule has 0 spiro atoms. The molecule has 0 bridgehead atoms. The van der Waals surface area contributed by atoms with Crippen molar-refractivity contribution in [3.63, 3.8) is 0 Å². The van der Waals surface area contributed by atoms with E-state index in [1.165, 1.54) is 48.5 Å². The Kier molecular flexibility index (Phi) is 7.96. The van der Waals surface area contributed by atoms with Crippen LogP contribution in [0.5, 0.6) is 0 Å². The van der Waals surface area contributed by atoms with Crippen molar-refractivity contribution in [1.29, 1.82) is 0 Å². The molecule has 0 heterocycles. The Morgan fingerprint density at radius 2 is 1.04 bits per heavy atom. The monoisotopic (exact) mass is 394 g/mol. The van der Waals surface area contributed by atoms with E-state index in [9.17, 15) is 17.2 Å². The highest BCUT2D eigenvalue weighted by Crippen LogP contribution is 2.29. The van der Waals surface area contributed by atoms with Gasteiger partial charge in [0.1, 0.15) is 12.3 Å². The van der Waals surface area contributed by atoms with Crippen LogP contribution in [0.25, 0.3) is 0 Å². The minimum absolute atomic E-state index is 0.115. The van der Waals surface area contributed by atoms with Crippen molar-refractivity contribution in [2.75, 3.05) is 0 Å². The molecule has 2 aromatic rings. The van der Waals surface area contributed by atoms with Crippen LogP contribution in [0.2, 0.25) is 0 Å². The molecule has 2 nitrogen and oxygen atoms in total. The molecule has 0 radical (unpaired) electrons. The van der Waals surface area contributed by atoms with Gasteiger partial charge in [0.15, 0.2) is 0 Å². The average molecular weight is 395 g/mol. The van der Waals surface area contributed by atoms with Crippen LogP contribution in [0.1, 0.15) is 75.8 Å². The first kappa shape index (κ1) is 21.5. The molecule has 0 saturated carbocycles. The van der Waals surface area contributed by atoms with Gasteiger partial charge in [0.2, 0.25) is 9.84 Å². The maximum Gasteiger partial charge on any atom is 0.206 e. The van der Waals surface area contributed by atoms with Crippen molar-refractivity contribution < 1.29 is 17.2 Å². The maximum absolute atomic E-state index is 14.1. The fourth-order valence-corrected chi connectivity index (χ4v) is 4.21. The zero-order chi connectivity index (χ0) is 19.9. The molecule has 0 aliphatic heterocycles. The van der Waals surface area contributed by atoms with Gasteiger partial charge in [0.05, 0.1) is 9.79 Å². The van der Waals surface area contributed by atoms with Crippen molar-refractivity contribution in [3.05, 3.63) is 59.7 Å². The number of hydrogen-bond donors (Lipinski definition) is 0.